The number of rotatable bonds is 6. The fraction of sp³-hybridized carbons (Fsp3) is 0.588. The zero-order chi connectivity index (χ0) is 16.8. The van der Waals surface area contributed by atoms with Crippen molar-refractivity contribution >= 4 is 5.97 Å². The van der Waals surface area contributed by atoms with E-state index in [1.807, 2.05) is 20.8 Å². The fourth-order valence-corrected chi connectivity index (χ4v) is 2.00. The molecule has 0 amide bonds. The van der Waals surface area contributed by atoms with Crippen LogP contribution in [0.2, 0.25) is 0 Å². The van der Waals surface area contributed by atoms with E-state index >= 15 is 0 Å². The number of hydrogen-bond donors (Lipinski definition) is 0. The molecule has 22 heavy (non-hydrogen) atoms. The van der Waals surface area contributed by atoms with Crippen molar-refractivity contribution in [3.05, 3.63) is 45.3 Å². The average molecular weight is 303 g/mol. The topological polar surface area (TPSA) is 75.1 Å². The zero-order valence-corrected chi connectivity index (χ0v) is 14.1. The van der Waals surface area contributed by atoms with Gasteiger partial charge in [-0.3, -0.25) is 4.79 Å². The van der Waals surface area contributed by atoms with Crippen LogP contribution in [0.3, 0.4) is 0 Å². The largest absolute Gasteiger partial charge is 0.465 e. The zero-order valence-electron chi connectivity index (χ0n) is 14.1. The molecular weight excluding hydrogens is 278 g/mol. The number of esters is 1. The Bertz CT molecular complexity index is 570. The molecule has 1 atom stereocenters. The molecule has 0 heterocycles. The number of nitrogens with zero attached hydrogens (tertiary/aromatic N) is 3. The van der Waals surface area contributed by atoms with Crippen molar-refractivity contribution in [1.29, 1.82) is 0 Å². The van der Waals surface area contributed by atoms with E-state index < -0.39 is 5.41 Å². The maximum absolute atomic E-state index is 11.9. The second-order valence-electron chi connectivity index (χ2n) is 6.75. The molecule has 0 aliphatic heterocycles. The molecule has 0 radical (unpaired) electrons. The van der Waals surface area contributed by atoms with Gasteiger partial charge in [0.25, 0.3) is 0 Å². The number of carbonyl (C=O) groups excluding carboxylic acids is 1. The number of benzene rings is 1. The van der Waals surface area contributed by atoms with Gasteiger partial charge in [-0.05, 0) is 63.3 Å². The molecule has 5 nitrogen and oxygen atoms in total. The Morgan fingerprint density at radius 3 is 2.55 bits per heavy atom. The first-order valence-corrected chi connectivity index (χ1v) is 7.48. The Morgan fingerprint density at radius 1 is 1.32 bits per heavy atom. The average Bonchev–Trinajstić information content (AvgIpc) is 2.44. The molecule has 5 heteroatoms. The molecule has 0 fully saturated rings. The summed E-state index contributed by atoms with van der Waals surface area (Å²) in [6.07, 6.45) is 0.720. The number of azide groups is 1. The molecule has 120 valence electrons. The number of carbonyl (C=O) groups is 1. The van der Waals surface area contributed by atoms with Gasteiger partial charge in [-0.25, -0.2) is 0 Å². The molecule has 0 N–H and O–H groups in total. The summed E-state index contributed by atoms with van der Waals surface area (Å²) in [5.74, 6) is -0.247. The van der Waals surface area contributed by atoms with Crippen LogP contribution in [-0.4, -0.2) is 19.1 Å². The van der Waals surface area contributed by atoms with Gasteiger partial charge in [-0.2, -0.15) is 0 Å². The molecule has 0 aromatic heterocycles. The van der Waals surface area contributed by atoms with E-state index in [0.29, 0.717) is 6.54 Å². The maximum Gasteiger partial charge on any atom is 0.311 e. The van der Waals surface area contributed by atoms with Crippen LogP contribution in [0.4, 0.5) is 0 Å². The summed E-state index contributed by atoms with van der Waals surface area (Å²) < 4.78 is 5.37. The number of hydrogen-bond acceptors (Lipinski definition) is 3. The van der Waals surface area contributed by atoms with Crippen LogP contribution in [-0.2, 0) is 16.0 Å². The normalized spacial score (nSPS) is 12.4. The molecule has 0 bridgehead atoms. The lowest BCUT2D eigenvalue weighted by Gasteiger charge is -2.20. The van der Waals surface area contributed by atoms with E-state index in [-0.39, 0.29) is 18.5 Å². The molecule has 1 aromatic carbocycles. The third-order valence-electron chi connectivity index (χ3n) is 3.56. The molecule has 0 saturated heterocycles. The Labute approximate surface area is 132 Å². The van der Waals surface area contributed by atoms with Crippen LogP contribution in [0.25, 0.3) is 10.4 Å². The molecule has 0 spiro atoms. The van der Waals surface area contributed by atoms with Crippen molar-refractivity contribution in [3.63, 3.8) is 0 Å². The van der Waals surface area contributed by atoms with Crippen LogP contribution < -0.4 is 0 Å². The highest BCUT2D eigenvalue weighted by atomic mass is 16.5. The molecular formula is C17H25N3O2. The first-order chi connectivity index (χ1) is 10.2. The standard InChI is InChI=1S/C17H25N3O2/c1-12-6-7-14(8-13(12)2)9-15(10-19-20-18)11-22-16(21)17(3,4)5/h6-8,15H,9-11H2,1-5H3. The van der Waals surface area contributed by atoms with Crippen LogP contribution in [0.1, 0.15) is 37.5 Å². The first kappa shape index (κ1) is 18.1. The SMILES string of the molecule is Cc1ccc(CC(CN=[N+]=[N-])COC(=O)C(C)(C)C)cc1C. The van der Waals surface area contributed by atoms with E-state index in [2.05, 4.69) is 42.1 Å². The Kier molecular flexibility index (Phi) is 6.44. The van der Waals surface area contributed by atoms with E-state index in [1.54, 1.807) is 0 Å². The van der Waals surface area contributed by atoms with E-state index in [0.717, 1.165) is 12.0 Å². The summed E-state index contributed by atoms with van der Waals surface area (Å²) in [7, 11) is 0. The molecule has 1 rings (SSSR count). The van der Waals surface area contributed by atoms with Gasteiger partial charge >= 0.3 is 5.97 Å². The minimum absolute atomic E-state index is 0.00990. The first-order valence-electron chi connectivity index (χ1n) is 7.48. The third-order valence-corrected chi connectivity index (χ3v) is 3.56. The van der Waals surface area contributed by atoms with Crippen molar-refractivity contribution in [1.82, 2.24) is 0 Å². The van der Waals surface area contributed by atoms with Crippen LogP contribution in [0, 0.1) is 25.2 Å². The second kappa shape index (κ2) is 7.85. The molecule has 0 aliphatic rings. The van der Waals surface area contributed by atoms with Crippen molar-refractivity contribution < 1.29 is 9.53 Å². The summed E-state index contributed by atoms with van der Waals surface area (Å²) in [5, 5.41) is 3.64. The maximum atomic E-state index is 11.9. The van der Waals surface area contributed by atoms with Crippen molar-refractivity contribution in [3.8, 4) is 0 Å². The van der Waals surface area contributed by atoms with Crippen molar-refractivity contribution in [2.45, 2.75) is 41.0 Å². The minimum Gasteiger partial charge on any atom is -0.465 e. The summed E-state index contributed by atoms with van der Waals surface area (Å²) >= 11 is 0. The van der Waals surface area contributed by atoms with Gasteiger partial charge in [-0.15, -0.1) is 0 Å². The number of aryl methyl sites for hydroxylation is 2. The predicted molar refractivity (Wildman–Crippen MR) is 87.5 cm³/mol. The van der Waals surface area contributed by atoms with E-state index in [4.69, 9.17) is 10.3 Å². The Morgan fingerprint density at radius 2 is 2.00 bits per heavy atom. The van der Waals surface area contributed by atoms with Crippen molar-refractivity contribution in [2.75, 3.05) is 13.2 Å². The van der Waals surface area contributed by atoms with Crippen LogP contribution in [0.15, 0.2) is 23.3 Å². The Balaban J connectivity index is 2.73. The van der Waals surface area contributed by atoms with Crippen LogP contribution >= 0.6 is 0 Å². The lowest BCUT2D eigenvalue weighted by Crippen LogP contribution is -2.27. The smallest absolute Gasteiger partial charge is 0.311 e. The van der Waals surface area contributed by atoms with Gasteiger partial charge in [0.2, 0.25) is 0 Å². The lowest BCUT2D eigenvalue weighted by molar-refractivity contribution is -0.154. The molecule has 1 unspecified atom stereocenters. The highest BCUT2D eigenvalue weighted by Crippen LogP contribution is 2.18. The van der Waals surface area contributed by atoms with Crippen molar-refractivity contribution in [2.24, 2.45) is 16.4 Å². The van der Waals surface area contributed by atoms with Crippen LogP contribution in [0.5, 0.6) is 0 Å². The molecule has 1 aromatic rings. The van der Waals surface area contributed by atoms with Gasteiger partial charge < -0.3 is 4.74 Å². The number of ether oxygens (including phenoxy) is 1. The highest BCUT2D eigenvalue weighted by molar-refractivity contribution is 5.75. The minimum atomic E-state index is -0.524. The second-order valence-corrected chi connectivity index (χ2v) is 6.75. The summed E-state index contributed by atoms with van der Waals surface area (Å²) in [5.41, 5.74) is 11.6. The third kappa shape index (κ3) is 5.78. The molecule has 0 saturated carbocycles. The highest BCUT2D eigenvalue weighted by Gasteiger charge is 2.24. The monoisotopic (exact) mass is 303 g/mol. The summed E-state index contributed by atoms with van der Waals surface area (Å²) in [6, 6.07) is 6.28. The molecule has 0 aliphatic carbocycles. The van der Waals surface area contributed by atoms with Gasteiger partial charge in [0.05, 0.1) is 12.0 Å². The quantitative estimate of drug-likeness (QED) is 0.339. The van der Waals surface area contributed by atoms with Gasteiger partial charge in [0, 0.05) is 17.4 Å². The fourth-order valence-electron chi connectivity index (χ4n) is 2.00. The van der Waals surface area contributed by atoms with E-state index in [9.17, 15) is 4.79 Å². The summed E-state index contributed by atoms with van der Waals surface area (Å²) in [6.45, 7) is 10.2. The summed E-state index contributed by atoms with van der Waals surface area (Å²) in [4.78, 5) is 14.7. The van der Waals surface area contributed by atoms with Gasteiger partial charge in [0.1, 0.15) is 0 Å². The van der Waals surface area contributed by atoms with Gasteiger partial charge in [0.15, 0.2) is 0 Å². The van der Waals surface area contributed by atoms with Gasteiger partial charge in [-0.1, -0.05) is 23.3 Å². The lowest BCUT2D eigenvalue weighted by atomic mass is 9.96. The predicted octanol–water partition coefficient (Wildman–Crippen LogP) is 4.36. The van der Waals surface area contributed by atoms with E-state index in [1.165, 1.54) is 11.1 Å². The Hall–Kier alpha value is -2.00.